The number of fused-ring (bicyclic) bond motifs is 3. The van der Waals surface area contributed by atoms with Crippen molar-refractivity contribution in [1.82, 2.24) is 19.9 Å². The normalized spacial score (nSPS) is 12.6. The molecule has 0 saturated carbocycles. The van der Waals surface area contributed by atoms with E-state index in [0.29, 0.717) is 21.9 Å². The van der Waals surface area contributed by atoms with Crippen molar-refractivity contribution in [1.29, 1.82) is 0 Å². The Morgan fingerprint density at radius 2 is 1.70 bits per heavy atom. The molecule has 186 valence electrons. The quantitative estimate of drug-likeness (QED) is 0.318. The van der Waals surface area contributed by atoms with Gasteiger partial charge in [-0.05, 0) is 67.8 Å². The highest BCUT2D eigenvalue weighted by molar-refractivity contribution is 6.08. The molecule has 5 aromatic rings. The molecule has 5 rings (SSSR count). The van der Waals surface area contributed by atoms with Crippen LogP contribution in [-0.4, -0.2) is 20.4 Å². The third-order valence-corrected chi connectivity index (χ3v) is 6.17. The number of pyridine rings is 3. The molecule has 37 heavy (non-hydrogen) atoms. The molecule has 1 amide bonds. The summed E-state index contributed by atoms with van der Waals surface area (Å²) in [5.41, 5.74) is 1.10. The van der Waals surface area contributed by atoms with Gasteiger partial charge in [0.05, 0.1) is 28.6 Å². The smallest absolute Gasteiger partial charge is 0.344 e. The van der Waals surface area contributed by atoms with Crippen LogP contribution in [0.1, 0.15) is 40.1 Å². The zero-order valence-corrected chi connectivity index (χ0v) is 19.9. The highest BCUT2D eigenvalue weighted by Crippen LogP contribution is 2.31. The van der Waals surface area contributed by atoms with Gasteiger partial charge in [-0.1, -0.05) is 23.8 Å². The summed E-state index contributed by atoms with van der Waals surface area (Å²) in [5, 5.41) is 4.38. The van der Waals surface area contributed by atoms with E-state index >= 15 is 0 Å². The Balaban J connectivity index is 1.66. The number of hydrogen-bond acceptors (Lipinski definition) is 4. The van der Waals surface area contributed by atoms with Crippen LogP contribution in [0.15, 0.2) is 83.9 Å². The molecule has 0 aliphatic carbocycles. The molecule has 0 saturated heterocycles. The lowest BCUT2D eigenvalue weighted by Crippen LogP contribution is -2.27. The van der Waals surface area contributed by atoms with Crippen LogP contribution in [0.3, 0.4) is 0 Å². The molecular weight excluding hydrogens is 481 g/mol. The van der Waals surface area contributed by atoms with Crippen LogP contribution in [0.4, 0.5) is 13.2 Å². The third kappa shape index (κ3) is 4.55. The average molecular weight is 502 g/mol. The molecule has 0 aliphatic rings. The number of amides is 1. The van der Waals surface area contributed by atoms with Gasteiger partial charge < -0.3 is 5.32 Å². The highest BCUT2D eigenvalue weighted by atomic mass is 19.4. The molecule has 6 nitrogen and oxygen atoms in total. The Labute approximate surface area is 209 Å². The second kappa shape index (κ2) is 9.16. The van der Waals surface area contributed by atoms with Crippen molar-refractivity contribution in [3.8, 4) is 5.69 Å². The predicted octanol–water partition coefficient (Wildman–Crippen LogP) is 5.75. The standard InChI is InChI=1S/C28H21F3N4O2/c1-16-6-11-21-22(13-16)23-14-18(26(36)34-17(2)24-5-3-4-12-32-24)15-33-25(23)35(27(21)37)20-9-7-19(8-10-20)28(29,30)31/h3-15,17H,1-2H3,(H,34,36)/t17-/m0/s1. The lowest BCUT2D eigenvalue weighted by molar-refractivity contribution is -0.137. The van der Waals surface area contributed by atoms with Gasteiger partial charge in [0, 0.05) is 23.2 Å². The zero-order chi connectivity index (χ0) is 26.3. The lowest BCUT2D eigenvalue weighted by Gasteiger charge is -2.16. The molecule has 1 N–H and O–H groups in total. The predicted molar refractivity (Wildman–Crippen MR) is 135 cm³/mol. The van der Waals surface area contributed by atoms with E-state index in [2.05, 4.69) is 15.3 Å². The Kier molecular flexibility index (Phi) is 5.99. The van der Waals surface area contributed by atoms with Gasteiger partial charge in [-0.2, -0.15) is 13.2 Å². The van der Waals surface area contributed by atoms with Gasteiger partial charge in [0.15, 0.2) is 0 Å². The minimum Gasteiger partial charge on any atom is -0.344 e. The number of hydrogen-bond donors (Lipinski definition) is 1. The maximum atomic E-state index is 13.5. The first-order valence-electron chi connectivity index (χ1n) is 11.5. The minimum atomic E-state index is -4.50. The average Bonchev–Trinajstić information content (AvgIpc) is 2.88. The van der Waals surface area contributed by atoms with Gasteiger partial charge in [-0.15, -0.1) is 0 Å². The van der Waals surface area contributed by atoms with Crippen molar-refractivity contribution < 1.29 is 18.0 Å². The number of aromatic nitrogens is 3. The van der Waals surface area contributed by atoms with Gasteiger partial charge in [0.2, 0.25) is 0 Å². The van der Waals surface area contributed by atoms with E-state index in [-0.39, 0.29) is 28.8 Å². The molecule has 0 radical (unpaired) electrons. The van der Waals surface area contributed by atoms with Crippen molar-refractivity contribution in [3.05, 3.63) is 112 Å². The molecule has 0 fully saturated rings. The summed E-state index contributed by atoms with van der Waals surface area (Å²) in [4.78, 5) is 35.2. The first kappa shape index (κ1) is 24.2. The molecule has 0 spiro atoms. The van der Waals surface area contributed by atoms with Crippen molar-refractivity contribution in [3.63, 3.8) is 0 Å². The summed E-state index contributed by atoms with van der Waals surface area (Å²) in [6, 6.07) is 16.3. The number of rotatable bonds is 4. The second-order valence-electron chi connectivity index (χ2n) is 8.78. The summed E-state index contributed by atoms with van der Waals surface area (Å²) >= 11 is 0. The van der Waals surface area contributed by atoms with E-state index in [1.54, 1.807) is 30.5 Å². The van der Waals surface area contributed by atoms with Gasteiger partial charge in [0.25, 0.3) is 11.5 Å². The molecular formula is C28H21F3N4O2. The first-order chi connectivity index (χ1) is 17.6. The Hall–Kier alpha value is -4.53. The Bertz CT molecular complexity index is 1700. The van der Waals surface area contributed by atoms with Crippen LogP contribution in [0.25, 0.3) is 27.5 Å². The first-order valence-corrected chi connectivity index (χ1v) is 11.5. The van der Waals surface area contributed by atoms with Crippen LogP contribution in [0, 0.1) is 6.92 Å². The molecule has 0 unspecified atom stereocenters. The third-order valence-electron chi connectivity index (χ3n) is 6.17. The van der Waals surface area contributed by atoms with Crippen molar-refractivity contribution in [2.45, 2.75) is 26.1 Å². The van der Waals surface area contributed by atoms with Gasteiger partial charge >= 0.3 is 6.18 Å². The van der Waals surface area contributed by atoms with E-state index in [1.165, 1.54) is 22.9 Å². The molecule has 2 aromatic carbocycles. The van der Waals surface area contributed by atoms with E-state index in [0.717, 1.165) is 17.7 Å². The van der Waals surface area contributed by atoms with Crippen LogP contribution >= 0.6 is 0 Å². The molecule has 0 aliphatic heterocycles. The number of alkyl halides is 3. The Morgan fingerprint density at radius 3 is 2.38 bits per heavy atom. The zero-order valence-electron chi connectivity index (χ0n) is 19.9. The topological polar surface area (TPSA) is 76.9 Å². The number of nitrogens with zero attached hydrogens (tertiary/aromatic N) is 3. The maximum absolute atomic E-state index is 13.5. The summed E-state index contributed by atoms with van der Waals surface area (Å²) in [7, 11) is 0. The van der Waals surface area contributed by atoms with Crippen LogP contribution in [0.2, 0.25) is 0 Å². The summed E-state index contributed by atoms with van der Waals surface area (Å²) in [5.74, 6) is -0.374. The van der Waals surface area contributed by atoms with Crippen molar-refractivity contribution in [2.24, 2.45) is 0 Å². The maximum Gasteiger partial charge on any atom is 0.416 e. The molecule has 1 atom stereocenters. The van der Waals surface area contributed by atoms with E-state index in [9.17, 15) is 22.8 Å². The molecule has 3 aromatic heterocycles. The fraction of sp³-hybridized carbons (Fsp3) is 0.143. The largest absolute Gasteiger partial charge is 0.416 e. The van der Waals surface area contributed by atoms with Gasteiger partial charge in [-0.3, -0.25) is 19.1 Å². The number of carbonyl (C=O) groups excluding carboxylic acids is 1. The monoisotopic (exact) mass is 502 g/mol. The number of halogens is 3. The fourth-order valence-corrected chi connectivity index (χ4v) is 4.27. The second-order valence-corrected chi connectivity index (χ2v) is 8.78. The Morgan fingerprint density at radius 1 is 0.946 bits per heavy atom. The van der Waals surface area contributed by atoms with Crippen LogP contribution < -0.4 is 10.9 Å². The van der Waals surface area contributed by atoms with Crippen molar-refractivity contribution >= 4 is 27.7 Å². The van der Waals surface area contributed by atoms with E-state index in [1.807, 2.05) is 32.0 Å². The van der Waals surface area contributed by atoms with Crippen molar-refractivity contribution in [2.75, 3.05) is 0 Å². The summed E-state index contributed by atoms with van der Waals surface area (Å²) in [6.45, 7) is 3.70. The number of nitrogens with one attached hydrogen (secondary N) is 1. The summed E-state index contributed by atoms with van der Waals surface area (Å²) in [6.07, 6.45) is -1.51. The van der Waals surface area contributed by atoms with Gasteiger partial charge in [-0.25, -0.2) is 4.98 Å². The van der Waals surface area contributed by atoms with E-state index in [4.69, 9.17) is 0 Å². The van der Waals surface area contributed by atoms with Crippen LogP contribution in [0.5, 0.6) is 0 Å². The molecule has 0 bridgehead atoms. The number of benzene rings is 2. The SMILES string of the molecule is Cc1ccc2c(=O)n(-c3ccc(C(F)(F)F)cc3)c3ncc(C(=O)N[C@@H](C)c4ccccn4)cc3c2c1. The lowest BCUT2D eigenvalue weighted by atomic mass is 10.0. The number of carbonyl (C=O) groups is 1. The summed E-state index contributed by atoms with van der Waals surface area (Å²) < 4.78 is 40.6. The van der Waals surface area contributed by atoms with E-state index < -0.39 is 17.3 Å². The molecule has 9 heteroatoms. The van der Waals surface area contributed by atoms with Gasteiger partial charge in [0.1, 0.15) is 5.65 Å². The molecule has 3 heterocycles. The van der Waals surface area contributed by atoms with Crippen LogP contribution in [-0.2, 0) is 6.18 Å². The highest BCUT2D eigenvalue weighted by Gasteiger charge is 2.30. The fourth-order valence-electron chi connectivity index (χ4n) is 4.27. The minimum absolute atomic E-state index is 0.234. The number of aryl methyl sites for hydroxylation is 1.